The number of hydrogen-bond donors (Lipinski definition) is 0. The molecule has 0 saturated carbocycles. The highest BCUT2D eigenvalue weighted by molar-refractivity contribution is 7.98. The summed E-state index contributed by atoms with van der Waals surface area (Å²) in [4.78, 5) is 17.4. The minimum Gasteiger partial charge on any atom is -0.296 e. The number of aromatic nitrogens is 2. The van der Waals surface area contributed by atoms with Gasteiger partial charge in [0.2, 0.25) is 5.78 Å². The van der Waals surface area contributed by atoms with Crippen molar-refractivity contribution in [1.82, 2.24) is 9.38 Å². The maximum Gasteiger partial charge on any atom is 0.212 e. The first kappa shape index (κ1) is 13.9. The molecule has 21 heavy (non-hydrogen) atoms. The summed E-state index contributed by atoms with van der Waals surface area (Å²) in [5, 5.41) is 0.775. The number of carbonyl (C=O) groups is 1. The molecular weight excluding hydrogens is 280 g/mol. The van der Waals surface area contributed by atoms with E-state index in [4.69, 9.17) is 0 Å². The van der Waals surface area contributed by atoms with Gasteiger partial charge in [0, 0.05) is 11.8 Å². The number of hydrogen-bond acceptors (Lipinski definition) is 3. The SMILES string of the molecule is CCc1ccn2c(C(=O)c3ccccc3)c(SC)nc2c1. The Labute approximate surface area is 128 Å². The van der Waals surface area contributed by atoms with Crippen LogP contribution in [0.2, 0.25) is 0 Å². The quantitative estimate of drug-likeness (QED) is 0.542. The molecule has 0 fully saturated rings. The van der Waals surface area contributed by atoms with E-state index in [9.17, 15) is 4.79 Å². The molecule has 2 aromatic heterocycles. The van der Waals surface area contributed by atoms with Crippen molar-refractivity contribution in [1.29, 1.82) is 0 Å². The lowest BCUT2D eigenvalue weighted by molar-refractivity contribution is 0.103. The molecule has 0 saturated heterocycles. The fourth-order valence-electron chi connectivity index (χ4n) is 2.36. The van der Waals surface area contributed by atoms with E-state index in [2.05, 4.69) is 11.9 Å². The number of aryl methyl sites for hydroxylation is 1. The third kappa shape index (κ3) is 2.47. The van der Waals surface area contributed by atoms with Crippen molar-refractivity contribution in [2.24, 2.45) is 0 Å². The summed E-state index contributed by atoms with van der Waals surface area (Å²) in [5.41, 5.74) is 3.39. The Morgan fingerprint density at radius 3 is 2.67 bits per heavy atom. The molecule has 0 aliphatic heterocycles. The molecule has 0 unspecified atom stereocenters. The predicted octanol–water partition coefficient (Wildman–Crippen LogP) is 3.85. The highest BCUT2D eigenvalue weighted by Crippen LogP contribution is 2.24. The van der Waals surface area contributed by atoms with Gasteiger partial charge >= 0.3 is 0 Å². The summed E-state index contributed by atoms with van der Waals surface area (Å²) in [6, 6.07) is 13.4. The van der Waals surface area contributed by atoms with Crippen molar-refractivity contribution in [3.8, 4) is 0 Å². The van der Waals surface area contributed by atoms with Gasteiger partial charge in [0.25, 0.3) is 0 Å². The lowest BCUT2D eigenvalue weighted by Crippen LogP contribution is -2.06. The molecule has 0 amide bonds. The van der Waals surface area contributed by atoms with Gasteiger partial charge < -0.3 is 0 Å². The van der Waals surface area contributed by atoms with Crippen LogP contribution in [-0.2, 0) is 6.42 Å². The first-order valence-corrected chi connectivity index (χ1v) is 8.11. The van der Waals surface area contributed by atoms with Crippen LogP contribution in [0.1, 0.15) is 28.5 Å². The second-order valence-electron chi connectivity index (χ2n) is 4.78. The Bertz CT molecular complexity index is 793. The molecule has 4 heteroatoms. The van der Waals surface area contributed by atoms with Crippen molar-refractivity contribution in [3.63, 3.8) is 0 Å². The van der Waals surface area contributed by atoms with Crippen LogP contribution in [0.4, 0.5) is 0 Å². The normalized spacial score (nSPS) is 11.0. The number of nitrogens with zero attached hydrogens (tertiary/aromatic N) is 2. The molecule has 0 aliphatic rings. The van der Waals surface area contributed by atoms with E-state index in [1.807, 2.05) is 59.3 Å². The highest BCUT2D eigenvalue weighted by atomic mass is 32.2. The number of fused-ring (bicyclic) bond motifs is 1. The molecule has 0 radical (unpaired) electrons. The van der Waals surface area contributed by atoms with Crippen molar-refractivity contribution in [3.05, 3.63) is 65.5 Å². The first-order chi connectivity index (χ1) is 10.2. The summed E-state index contributed by atoms with van der Waals surface area (Å²) in [7, 11) is 0. The molecule has 3 aromatic rings. The number of thioether (sulfide) groups is 1. The van der Waals surface area contributed by atoms with Crippen LogP contribution in [-0.4, -0.2) is 21.4 Å². The zero-order valence-electron chi connectivity index (χ0n) is 12.0. The minimum atomic E-state index is 0.0108. The van der Waals surface area contributed by atoms with Gasteiger partial charge in [0.15, 0.2) is 0 Å². The smallest absolute Gasteiger partial charge is 0.212 e. The number of imidazole rings is 1. The molecule has 0 N–H and O–H groups in total. The Morgan fingerprint density at radius 1 is 1.24 bits per heavy atom. The molecule has 0 aliphatic carbocycles. The van der Waals surface area contributed by atoms with E-state index in [0.717, 1.165) is 17.1 Å². The summed E-state index contributed by atoms with van der Waals surface area (Å²) >= 11 is 1.50. The van der Waals surface area contributed by atoms with Crippen molar-refractivity contribution in [2.75, 3.05) is 6.26 Å². The Kier molecular flexibility index (Phi) is 3.80. The van der Waals surface area contributed by atoms with Gasteiger partial charge in [-0.15, -0.1) is 11.8 Å². The topological polar surface area (TPSA) is 34.4 Å². The maximum absolute atomic E-state index is 12.8. The average molecular weight is 296 g/mol. The van der Waals surface area contributed by atoms with Crippen LogP contribution in [0, 0.1) is 0 Å². The van der Waals surface area contributed by atoms with E-state index < -0.39 is 0 Å². The monoisotopic (exact) mass is 296 g/mol. The summed E-state index contributed by atoms with van der Waals surface area (Å²) in [6.07, 6.45) is 4.85. The van der Waals surface area contributed by atoms with Gasteiger partial charge in [-0.1, -0.05) is 37.3 Å². The third-order valence-corrected chi connectivity index (χ3v) is 4.18. The Morgan fingerprint density at radius 2 is 2.00 bits per heavy atom. The van der Waals surface area contributed by atoms with Gasteiger partial charge in [0.1, 0.15) is 16.4 Å². The second-order valence-corrected chi connectivity index (χ2v) is 5.58. The van der Waals surface area contributed by atoms with Crippen molar-refractivity contribution < 1.29 is 4.79 Å². The van der Waals surface area contributed by atoms with Gasteiger partial charge in [-0.25, -0.2) is 4.98 Å². The van der Waals surface area contributed by atoms with Gasteiger partial charge in [-0.3, -0.25) is 9.20 Å². The molecule has 1 aromatic carbocycles. The molecule has 3 nitrogen and oxygen atoms in total. The molecular formula is C17H16N2OS. The number of carbonyl (C=O) groups excluding carboxylic acids is 1. The van der Waals surface area contributed by atoms with E-state index >= 15 is 0 Å². The molecule has 3 rings (SSSR count). The zero-order valence-corrected chi connectivity index (χ0v) is 12.9. The average Bonchev–Trinajstić information content (AvgIpc) is 2.92. The number of benzene rings is 1. The Hall–Kier alpha value is -2.07. The molecule has 0 bridgehead atoms. The lowest BCUT2D eigenvalue weighted by Gasteiger charge is -2.04. The van der Waals surface area contributed by atoms with E-state index in [1.54, 1.807) is 0 Å². The van der Waals surface area contributed by atoms with Crippen LogP contribution in [0.25, 0.3) is 5.65 Å². The molecule has 0 spiro atoms. The fourth-order valence-corrected chi connectivity index (χ4v) is 2.93. The molecule has 106 valence electrons. The van der Waals surface area contributed by atoms with E-state index in [-0.39, 0.29) is 5.78 Å². The number of pyridine rings is 1. The van der Waals surface area contributed by atoms with Crippen LogP contribution in [0.15, 0.2) is 53.7 Å². The zero-order chi connectivity index (χ0) is 14.8. The predicted molar refractivity (Wildman–Crippen MR) is 86.2 cm³/mol. The van der Waals surface area contributed by atoms with Crippen LogP contribution < -0.4 is 0 Å². The largest absolute Gasteiger partial charge is 0.296 e. The van der Waals surface area contributed by atoms with Gasteiger partial charge in [-0.2, -0.15) is 0 Å². The third-order valence-electron chi connectivity index (χ3n) is 3.51. The number of ketones is 1. The van der Waals surface area contributed by atoms with Crippen molar-refractivity contribution in [2.45, 2.75) is 18.4 Å². The second kappa shape index (κ2) is 5.74. The van der Waals surface area contributed by atoms with E-state index in [1.165, 1.54) is 17.3 Å². The van der Waals surface area contributed by atoms with Crippen molar-refractivity contribution >= 4 is 23.2 Å². The molecule has 2 heterocycles. The van der Waals surface area contributed by atoms with E-state index in [0.29, 0.717) is 11.3 Å². The van der Waals surface area contributed by atoms with Gasteiger partial charge in [0.05, 0.1) is 0 Å². The summed E-state index contributed by atoms with van der Waals surface area (Å²) in [5.74, 6) is 0.0108. The lowest BCUT2D eigenvalue weighted by atomic mass is 10.1. The number of rotatable bonds is 4. The van der Waals surface area contributed by atoms with Crippen LogP contribution in [0.3, 0.4) is 0 Å². The Balaban J connectivity index is 2.19. The maximum atomic E-state index is 12.8. The van der Waals surface area contributed by atoms with Crippen LogP contribution in [0.5, 0.6) is 0 Å². The summed E-state index contributed by atoms with van der Waals surface area (Å²) < 4.78 is 1.89. The first-order valence-electron chi connectivity index (χ1n) is 6.89. The fraction of sp³-hybridized carbons (Fsp3) is 0.176. The standard InChI is InChI=1S/C17H16N2OS/c1-3-12-9-10-19-14(11-12)18-17(21-2)15(19)16(20)13-7-5-4-6-8-13/h4-11H,3H2,1-2H3. The highest BCUT2D eigenvalue weighted by Gasteiger charge is 2.20. The summed E-state index contributed by atoms with van der Waals surface area (Å²) in [6.45, 7) is 2.11. The molecule has 0 atom stereocenters. The minimum absolute atomic E-state index is 0.0108. The van der Waals surface area contributed by atoms with Crippen LogP contribution >= 0.6 is 11.8 Å². The van der Waals surface area contributed by atoms with Gasteiger partial charge in [-0.05, 0) is 30.4 Å².